The highest BCUT2D eigenvalue weighted by atomic mass is 16.2. The summed E-state index contributed by atoms with van der Waals surface area (Å²) in [6.45, 7) is 0. The second-order valence-electron chi connectivity index (χ2n) is 1.55. The summed E-state index contributed by atoms with van der Waals surface area (Å²) >= 11 is 0. The molecule has 0 radical (unpaired) electrons. The first-order valence-electron chi connectivity index (χ1n) is 2.59. The standard InChI is InChI=1S/C6H4N2O2/c9-5-2-6(10)8-4-1-3-7-8/h1-4H. The predicted octanol–water partition coefficient (Wildman–Crippen LogP) is -0.0889. The van der Waals surface area contributed by atoms with Crippen LogP contribution in [0.15, 0.2) is 24.5 Å². The van der Waals surface area contributed by atoms with Gasteiger partial charge in [0.1, 0.15) is 5.94 Å². The van der Waals surface area contributed by atoms with Crippen LogP contribution in [0.25, 0.3) is 0 Å². The molecule has 0 aliphatic carbocycles. The Morgan fingerprint density at radius 1 is 1.70 bits per heavy atom. The molecule has 0 unspecified atom stereocenters. The molecule has 0 saturated carbocycles. The largest absolute Gasteiger partial charge is 0.281 e. The van der Waals surface area contributed by atoms with Crippen molar-refractivity contribution in [3.8, 4) is 0 Å². The third-order valence-electron chi connectivity index (χ3n) is 0.913. The van der Waals surface area contributed by atoms with Crippen LogP contribution >= 0.6 is 0 Å². The van der Waals surface area contributed by atoms with Crippen LogP contribution in [0.5, 0.6) is 0 Å². The zero-order valence-electron chi connectivity index (χ0n) is 5.02. The SMILES string of the molecule is O=C=CC(=O)n1cccn1. The quantitative estimate of drug-likeness (QED) is 0.400. The van der Waals surface area contributed by atoms with E-state index in [-0.39, 0.29) is 0 Å². The lowest BCUT2D eigenvalue weighted by atomic mass is 10.6. The van der Waals surface area contributed by atoms with Crippen LogP contribution in [0.3, 0.4) is 0 Å². The van der Waals surface area contributed by atoms with Crippen molar-refractivity contribution >= 4 is 11.8 Å². The molecular weight excluding hydrogens is 132 g/mol. The summed E-state index contributed by atoms with van der Waals surface area (Å²) in [7, 11) is 0. The lowest BCUT2D eigenvalue weighted by molar-refractivity contribution is 0.0955. The Morgan fingerprint density at radius 3 is 3.00 bits per heavy atom. The number of rotatable bonds is 1. The summed E-state index contributed by atoms with van der Waals surface area (Å²) in [5.74, 6) is 0.884. The van der Waals surface area contributed by atoms with E-state index in [1.54, 1.807) is 6.07 Å². The van der Waals surface area contributed by atoms with E-state index in [4.69, 9.17) is 0 Å². The number of nitrogens with zero attached hydrogens (tertiary/aromatic N) is 2. The maximum atomic E-state index is 10.7. The van der Waals surface area contributed by atoms with Gasteiger partial charge in [0.2, 0.25) is 0 Å². The Kier molecular flexibility index (Phi) is 1.78. The van der Waals surface area contributed by atoms with Gasteiger partial charge < -0.3 is 0 Å². The van der Waals surface area contributed by atoms with Gasteiger partial charge in [0, 0.05) is 12.4 Å². The second kappa shape index (κ2) is 2.75. The Hall–Kier alpha value is -1.67. The smallest absolute Gasteiger partial charge is 0.267 e. The average molecular weight is 136 g/mol. The van der Waals surface area contributed by atoms with Crippen molar-refractivity contribution in [1.82, 2.24) is 9.78 Å². The van der Waals surface area contributed by atoms with Crippen molar-refractivity contribution in [2.75, 3.05) is 0 Å². The highest BCUT2D eigenvalue weighted by Crippen LogP contribution is 1.83. The molecule has 0 fully saturated rings. The van der Waals surface area contributed by atoms with Crippen molar-refractivity contribution in [3.63, 3.8) is 0 Å². The summed E-state index contributed by atoms with van der Waals surface area (Å²) in [4.78, 5) is 20.4. The average Bonchev–Trinajstić information content (AvgIpc) is 2.38. The summed E-state index contributed by atoms with van der Waals surface area (Å²) in [6.07, 6.45) is 3.69. The van der Waals surface area contributed by atoms with E-state index in [0.717, 1.165) is 10.8 Å². The van der Waals surface area contributed by atoms with E-state index in [0.29, 0.717) is 0 Å². The fourth-order valence-corrected chi connectivity index (χ4v) is 0.516. The van der Waals surface area contributed by atoms with Gasteiger partial charge in [-0.3, -0.25) is 4.79 Å². The van der Waals surface area contributed by atoms with E-state index in [9.17, 15) is 9.59 Å². The normalized spacial score (nSPS) is 8.40. The molecule has 0 aliphatic heterocycles. The van der Waals surface area contributed by atoms with Crippen LogP contribution in [-0.4, -0.2) is 21.6 Å². The Morgan fingerprint density at radius 2 is 2.50 bits per heavy atom. The minimum absolute atomic E-state index is 0.486. The molecule has 1 rings (SSSR count). The lowest BCUT2D eigenvalue weighted by Crippen LogP contribution is -2.07. The topological polar surface area (TPSA) is 52.0 Å². The minimum atomic E-state index is -0.486. The maximum Gasteiger partial charge on any atom is 0.281 e. The molecule has 1 aromatic heterocycles. The van der Waals surface area contributed by atoms with Gasteiger partial charge in [0.25, 0.3) is 5.91 Å². The van der Waals surface area contributed by atoms with Gasteiger partial charge in [-0.25, -0.2) is 9.48 Å². The third-order valence-corrected chi connectivity index (χ3v) is 0.913. The molecule has 0 aromatic carbocycles. The van der Waals surface area contributed by atoms with E-state index < -0.39 is 5.91 Å². The van der Waals surface area contributed by atoms with Gasteiger partial charge in [0.15, 0.2) is 0 Å². The molecule has 1 aromatic rings. The zero-order chi connectivity index (χ0) is 7.40. The van der Waals surface area contributed by atoms with Crippen molar-refractivity contribution < 1.29 is 9.59 Å². The van der Waals surface area contributed by atoms with Crippen molar-refractivity contribution in [2.24, 2.45) is 0 Å². The van der Waals surface area contributed by atoms with Crippen molar-refractivity contribution in [3.05, 3.63) is 24.5 Å². The summed E-state index contributed by atoms with van der Waals surface area (Å²) in [5.41, 5.74) is 0. The molecule has 0 atom stereocenters. The molecule has 10 heavy (non-hydrogen) atoms. The summed E-state index contributed by atoms with van der Waals surface area (Å²) in [6, 6.07) is 1.59. The number of hydrogen-bond acceptors (Lipinski definition) is 3. The minimum Gasteiger partial charge on any atom is -0.267 e. The Labute approximate surface area is 56.8 Å². The number of hydrogen-bond donors (Lipinski definition) is 0. The number of aromatic nitrogens is 2. The van der Waals surface area contributed by atoms with Crippen LogP contribution < -0.4 is 0 Å². The molecule has 0 aliphatic rings. The van der Waals surface area contributed by atoms with E-state index >= 15 is 0 Å². The van der Waals surface area contributed by atoms with E-state index in [1.165, 1.54) is 18.3 Å². The zero-order valence-corrected chi connectivity index (χ0v) is 5.02. The fraction of sp³-hybridized carbons (Fsp3) is 0. The molecular formula is C6H4N2O2. The van der Waals surface area contributed by atoms with Gasteiger partial charge >= 0.3 is 0 Å². The molecule has 0 bridgehead atoms. The van der Waals surface area contributed by atoms with Crippen LogP contribution in [-0.2, 0) is 4.79 Å². The predicted molar refractivity (Wildman–Crippen MR) is 33.1 cm³/mol. The van der Waals surface area contributed by atoms with Crippen LogP contribution in [0.1, 0.15) is 4.79 Å². The first kappa shape index (κ1) is 6.45. The summed E-state index contributed by atoms with van der Waals surface area (Å²) < 4.78 is 1.05. The third kappa shape index (κ3) is 1.18. The van der Waals surface area contributed by atoms with Crippen LogP contribution in [0.2, 0.25) is 0 Å². The Bertz CT molecular complexity index is 270. The Balaban J connectivity index is 2.87. The molecule has 0 saturated heterocycles. The van der Waals surface area contributed by atoms with Gasteiger partial charge in [0.05, 0.1) is 6.08 Å². The maximum absolute atomic E-state index is 10.7. The first-order valence-corrected chi connectivity index (χ1v) is 2.59. The molecule has 0 spiro atoms. The van der Waals surface area contributed by atoms with Crippen LogP contribution in [0, 0.1) is 0 Å². The van der Waals surface area contributed by atoms with Gasteiger partial charge in [-0.1, -0.05) is 0 Å². The molecule has 1 heterocycles. The van der Waals surface area contributed by atoms with Crippen molar-refractivity contribution in [1.29, 1.82) is 0 Å². The van der Waals surface area contributed by atoms with Gasteiger partial charge in [-0.05, 0) is 6.07 Å². The fourth-order valence-electron chi connectivity index (χ4n) is 0.516. The first-order chi connectivity index (χ1) is 4.84. The van der Waals surface area contributed by atoms with Gasteiger partial charge in [-0.2, -0.15) is 5.10 Å². The molecule has 4 heteroatoms. The van der Waals surface area contributed by atoms with Crippen molar-refractivity contribution in [2.45, 2.75) is 0 Å². The van der Waals surface area contributed by atoms with E-state index in [1.807, 2.05) is 0 Å². The summed E-state index contributed by atoms with van der Waals surface area (Å²) in [5, 5.41) is 3.59. The highest BCUT2D eigenvalue weighted by Gasteiger charge is 1.96. The monoisotopic (exact) mass is 136 g/mol. The molecule has 50 valence electrons. The molecule has 4 nitrogen and oxygen atoms in total. The molecule has 0 amide bonds. The highest BCUT2D eigenvalue weighted by molar-refractivity contribution is 5.95. The van der Waals surface area contributed by atoms with E-state index in [2.05, 4.69) is 5.10 Å². The van der Waals surface area contributed by atoms with Crippen LogP contribution in [0.4, 0.5) is 0 Å². The lowest BCUT2D eigenvalue weighted by Gasteiger charge is -1.87. The number of carbonyl (C=O) groups is 1. The molecule has 0 N–H and O–H groups in total. The number of carbonyl (C=O) groups excluding carboxylic acids is 2. The number of allylic oxidation sites excluding steroid dienone is 1. The van der Waals surface area contributed by atoms with Gasteiger partial charge in [-0.15, -0.1) is 0 Å². The second-order valence-corrected chi connectivity index (χ2v) is 1.55.